The second kappa shape index (κ2) is 7.67. The highest BCUT2D eigenvalue weighted by molar-refractivity contribution is 5.96. The van der Waals surface area contributed by atoms with E-state index in [1.54, 1.807) is 19.2 Å². The van der Waals surface area contributed by atoms with Crippen LogP contribution in [0.3, 0.4) is 0 Å². The van der Waals surface area contributed by atoms with Gasteiger partial charge < -0.3 is 10.6 Å². The fraction of sp³-hybridized carbons (Fsp3) is 0.636. The van der Waals surface area contributed by atoms with Gasteiger partial charge in [-0.2, -0.15) is 0 Å². The van der Waals surface area contributed by atoms with E-state index < -0.39 is 29.6 Å². The molecule has 4 N–H and O–H groups in total. The average Bonchev–Trinajstić information content (AvgIpc) is 2.59. The van der Waals surface area contributed by atoms with Gasteiger partial charge in [0.2, 0.25) is 0 Å². The average molecular weight is 406 g/mol. The lowest BCUT2D eigenvalue weighted by molar-refractivity contribution is -0.710. The third-order valence-corrected chi connectivity index (χ3v) is 7.10. The topological polar surface area (TPSA) is 74.8 Å². The van der Waals surface area contributed by atoms with Crippen molar-refractivity contribution in [3.05, 3.63) is 35.4 Å². The van der Waals surface area contributed by atoms with Gasteiger partial charge in [-0.3, -0.25) is 10.1 Å². The van der Waals surface area contributed by atoms with E-state index in [-0.39, 0.29) is 11.6 Å². The lowest BCUT2D eigenvalue weighted by Gasteiger charge is -2.56. The number of benzene rings is 1. The highest BCUT2D eigenvalue weighted by atomic mass is 19.1. The number of nitrogens with one attached hydrogen (secondary N) is 2. The summed E-state index contributed by atoms with van der Waals surface area (Å²) in [6, 6.07) is 2.02. The van der Waals surface area contributed by atoms with Crippen molar-refractivity contribution in [2.45, 2.75) is 70.0 Å². The fourth-order valence-corrected chi connectivity index (χ4v) is 6.26. The summed E-state index contributed by atoms with van der Waals surface area (Å²) >= 11 is 0. The Labute approximate surface area is 170 Å². The van der Waals surface area contributed by atoms with Crippen LogP contribution < -0.4 is 16.0 Å². The first-order valence-electron chi connectivity index (χ1n) is 10.7. The smallest absolute Gasteiger partial charge is 0.322 e. The molecule has 0 aliphatic heterocycles. The largest absolute Gasteiger partial charge is 0.332 e. The van der Waals surface area contributed by atoms with Crippen LogP contribution in [0.5, 0.6) is 0 Å². The molecule has 4 saturated carbocycles. The van der Waals surface area contributed by atoms with Crippen LogP contribution in [0, 0.1) is 29.4 Å². The molecule has 3 amide bonds. The highest BCUT2D eigenvalue weighted by Gasteiger charge is 2.51. The van der Waals surface area contributed by atoms with Crippen molar-refractivity contribution in [2.24, 2.45) is 17.8 Å². The maximum absolute atomic E-state index is 14.0. The maximum atomic E-state index is 14.0. The van der Waals surface area contributed by atoms with Gasteiger partial charge in [-0.25, -0.2) is 13.6 Å². The Balaban J connectivity index is 1.31. The van der Waals surface area contributed by atoms with Crippen molar-refractivity contribution >= 4 is 11.9 Å². The fourth-order valence-electron chi connectivity index (χ4n) is 6.26. The van der Waals surface area contributed by atoms with E-state index in [1.165, 1.54) is 31.4 Å². The summed E-state index contributed by atoms with van der Waals surface area (Å²) in [7, 11) is 0. The molecule has 0 radical (unpaired) electrons. The number of urea groups is 1. The molecule has 5 rings (SSSR count). The van der Waals surface area contributed by atoms with Gasteiger partial charge in [-0.15, -0.1) is 0 Å². The molecule has 0 unspecified atom stereocenters. The zero-order valence-corrected chi connectivity index (χ0v) is 17.0. The van der Waals surface area contributed by atoms with Crippen LogP contribution in [-0.4, -0.2) is 23.5 Å². The Bertz CT molecular complexity index is 778. The molecular weight excluding hydrogens is 376 g/mol. The Morgan fingerprint density at radius 3 is 2.21 bits per heavy atom. The van der Waals surface area contributed by atoms with Crippen molar-refractivity contribution in [1.29, 1.82) is 0 Å². The second-order valence-electron chi connectivity index (χ2n) is 9.58. The van der Waals surface area contributed by atoms with Crippen LogP contribution in [0.4, 0.5) is 13.6 Å². The second-order valence-corrected chi connectivity index (χ2v) is 9.58. The molecule has 0 heterocycles. The summed E-state index contributed by atoms with van der Waals surface area (Å²) in [5.74, 6) is 0.427. The summed E-state index contributed by atoms with van der Waals surface area (Å²) in [6.07, 6.45) is 6.90. The van der Waals surface area contributed by atoms with Crippen molar-refractivity contribution in [1.82, 2.24) is 10.6 Å². The monoisotopic (exact) mass is 406 g/mol. The van der Waals surface area contributed by atoms with E-state index in [9.17, 15) is 18.4 Å². The van der Waals surface area contributed by atoms with E-state index in [0.29, 0.717) is 23.3 Å². The lowest BCUT2D eigenvalue weighted by Crippen LogP contribution is -2.92. The molecule has 4 bridgehead atoms. The Kier molecular flexibility index (Phi) is 5.36. The number of hydrogen-bond acceptors (Lipinski definition) is 2. The number of amides is 3. The minimum Gasteiger partial charge on any atom is -0.332 e. The van der Waals surface area contributed by atoms with Gasteiger partial charge in [0.05, 0.1) is 0 Å². The molecule has 0 saturated heterocycles. The number of rotatable bonds is 5. The van der Waals surface area contributed by atoms with E-state index in [1.807, 2.05) is 0 Å². The number of carbonyl (C=O) groups excluding carboxylic acids is 2. The molecule has 158 valence electrons. The highest BCUT2D eigenvalue weighted by Crippen LogP contribution is 2.55. The molecule has 4 fully saturated rings. The molecule has 4 aliphatic rings. The van der Waals surface area contributed by atoms with Crippen LogP contribution in [0.1, 0.15) is 64.0 Å². The van der Waals surface area contributed by atoms with Crippen molar-refractivity contribution in [2.75, 3.05) is 0 Å². The maximum Gasteiger partial charge on any atom is 0.322 e. The number of carbonyl (C=O) groups is 2. The molecule has 0 spiro atoms. The predicted molar refractivity (Wildman–Crippen MR) is 104 cm³/mol. The number of halogens is 2. The third kappa shape index (κ3) is 4.29. The number of hydrogen-bond donors (Lipinski definition) is 3. The normalized spacial score (nSPS) is 31.9. The SMILES string of the molecule is C[C@H]([NH2+][C@H](C)c1ccc(F)cc1F)C(=O)NC(=O)NC12CC3CC(CC(C3)C1)C2. The Morgan fingerprint density at radius 1 is 1.07 bits per heavy atom. The van der Waals surface area contributed by atoms with E-state index in [4.69, 9.17) is 0 Å². The molecule has 1 aromatic rings. The van der Waals surface area contributed by atoms with Crippen LogP contribution in [0.15, 0.2) is 18.2 Å². The van der Waals surface area contributed by atoms with Gasteiger partial charge in [-0.1, -0.05) is 0 Å². The van der Waals surface area contributed by atoms with Gasteiger partial charge >= 0.3 is 6.03 Å². The quantitative estimate of drug-likeness (QED) is 0.703. The number of imide groups is 1. The van der Waals surface area contributed by atoms with Gasteiger partial charge in [0.25, 0.3) is 5.91 Å². The van der Waals surface area contributed by atoms with E-state index >= 15 is 0 Å². The van der Waals surface area contributed by atoms with E-state index in [2.05, 4.69) is 10.6 Å². The van der Waals surface area contributed by atoms with Crippen molar-refractivity contribution in [3.8, 4) is 0 Å². The van der Waals surface area contributed by atoms with Gasteiger partial charge in [0, 0.05) is 17.2 Å². The summed E-state index contributed by atoms with van der Waals surface area (Å²) in [5, 5.41) is 7.26. The molecule has 2 atom stereocenters. The number of nitrogens with two attached hydrogens (primary N) is 1. The van der Waals surface area contributed by atoms with Crippen molar-refractivity contribution < 1.29 is 23.7 Å². The molecular formula is C22H30F2N3O2+. The molecule has 1 aromatic carbocycles. The molecule has 0 aromatic heterocycles. The summed E-state index contributed by atoms with van der Waals surface area (Å²) in [6.45, 7) is 3.42. The summed E-state index contributed by atoms with van der Waals surface area (Å²) in [5.41, 5.74) is 0.167. The standard InChI is InChI=1S/C22H29F2N3O2/c1-12(18-4-3-17(23)8-19(18)24)25-13(2)20(28)26-21(29)27-22-9-14-5-15(10-22)7-16(6-14)11-22/h3-4,8,12-16,25H,5-7,9-11H2,1-2H3,(H2,26,27,28,29)/p+1/t12-,13+,14?,15?,16?,22?/m1/s1. The van der Waals surface area contributed by atoms with Gasteiger partial charge in [-0.05, 0) is 82.3 Å². The Morgan fingerprint density at radius 2 is 1.66 bits per heavy atom. The minimum absolute atomic E-state index is 0.156. The molecule has 4 aliphatic carbocycles. The first kappa shape index (κ1) is 20.3. The lowest BCUT2D eigenvalue weighted by atomic mass is 9.53. The number of quaternary nitrogens is 1. The van der Waals surface area contributed by atoms with E-state index in [0.717, 1.165) is 25.3 Å². The van der Waals surface area contributed by atoms with Crippen LogP contribution >= 0.6 is 0 Å². The molecule has 5 nitrogen and oxygen atoms in total. The van der Waals surface area contributed by atoms with Gasteiger partial charge in [0.15, 0.2) is 6.04 Å². The first-order chi connectivity index (χ1) is 13.7. The molecule has 7 heteroatoms. The summed E-state index contributed by atoms with van der Waals surface area (Å²) in [4.78, 5) is 25.0. The molecule has 29 heavy (non-hydrogen) atoms. The third-order valence-electron chi connectivity index (χ3n) is 7.10. The zero-order chi connectivity index (χ0) is 20.8. The van der Waals surface area contributed by atoms with Crippen LogP contribution in [0.2, 0.25) is 0 Å². The van der Waals surface area contributed by atoms with Crippen LogP contribution in [0.25, 0.3) is 0 Å². The van der Waals surface area contributed by atoms with Gasteiger partial charge in [0.1, 0.15) is 17.7 Å². The zero-order valence-electron chi connectivity index (χ0n) is 17.0. The minimum atomic E-state index is -0.638. The Hall–Kier alpha value is -2.02. The predicted octanol–water partition coefficient (Wildman–Crippen LogP) is 2.77. The first-order valence-corrected chi connectivity index (χ1v) is 10.7. The van der Waals surface area contributed by atoms with Crippen molar-refractivity contribution in [3.63, 3.8) is 0 Å². The van der Waals surface area contributed by atoms with Crippen LogP contribution in [-0.2, 0) is 4.79 Å². The summed E-state index contributed by atoms with van der Waals surface area (Å²) < 4.78 is 27.0.